The summed E-state index contributed by atoms with van der Waals surface area (Å²) in [6.07, 6.45) is 3.32. The van der Waals surface area contributed by atoms with Crippen LogP contribution >= 0.6 is 0 Å². The van der Waals surface area contributed by atoms with E-state index in [9.17, 15) is 9.90 Å². The summed E-state index contributed by atoms with van der Waals surface area (Å²) < 4.78 is 6.38. The zero-order chi connectivity index (χ0) is 19.4. The van der Waals surface area contributed by atoms with E-state index in [4.69, 9.17) is 4.74 Å². The molecule has 1 saturated heterocycles. The number of hydrazone groups is 1. The normalized spacial score (nSPS) is 34.6. The third-order valence-electron chi connectivity index (χ3n) is 6.51. The Kier molecular flexibility index (Phi) is 3.93. The van der Waals surface area contributed by atoms with Crippen molar-refractivity contribution in [3.8, 4) is 0 Å². The van der Waals surface area contributed by atoms with E-state index in [1.807, 2.05) is 67.6 Å². The average molecular weight is 376 g/mol. The van der Waals surface area contributed by atoms with Crippen LogP contribution in [0.25, 0.3) is 0 Å². The molecule has 2 aromatic rings. The number of fused-ring (bicyclic) bond motifs is 1. The van der Waals surface area contributed by atoms with Gasteiger partial charge in [0.2, 0.25) is 0 Å². The van der Waals surface area contributed by atoms with Crippen LogP contribution in [0.1, 0.15) is 44.1 Å². The van der Waals surface area contributed by atoms with Gasteiger partial charge in [0, 0.05) is 18.3 Å². The Labute approximate surface area is 164 Å². The number of ether oxygens (including phenoxy) is 1. The summed E-state index contributed by atoms with van der Waals surface area (Å²) in [5.41, 5.74) is 1.07. The second-order valence-electron chi connectivity index (χ2n) is 8.06. The number of carbonyl (C=O) groups excluding carboxylic acids is 1. The number of rotatable bonds is 2. The van der Waals surface area contributed by atoms with Gasteiger partial charge in [0.05, 0.1) is 11.4 Å². The van der Waals surface area contributed by atoms with Gasteiger partial charge in [0.15, 0.2) is 11.4 Å². The number of anilines is 1. The highest BCUT2D eigenvalue weighted by atomic mass is 16.7. The van der Waals surface area contributed by atoms with Crippen molar-refractivity contribution in [1.82, 2.24) is 0 Å². The van der Waals surface area contributed by atoms with Gasteiger partial charge in [-0.05, 0) is 37.5 Å². The molecule has 0 aromatic heterocycles. The van der Waals surface area contributed by atoms with Crippen molar-refractivity contribution in [3.63, 3.8) is 0 Å². The van der Waals surface area contributed by atoms with Crippen molar-refractivity contribution < 1.29 is 14.6 Å². The van der Waals surface area contributed by atoms with Gasteiger partial charge in [-0.15, -0.1) is 0 Å². The number of hydrogen-bond acceptors (Lipinski definition) is 4. The molecule has 0 unspecified atom stereocenters. The largest absolute Gasteiger partial charge is 0.365 e. The predicted octanol–water partition coefficient (Wildman–Crippen LogP) is 3.84. The van der Waals surface area contributed by atoms with Gasteiger partial charge in [0.25, 0.3) is 5.91 Å². The van der Waals surface area contributed by atoms with Crippen molar-refractivity contribution in [2.45, 2.75) is 49.9 Å². The third kappa shape index (κ3) is 2.33. The Morgan fingerprint density at radius 2 is 1.75 bits per heavy atom. The van der Waals surface area contributed by atoms with E-state index in [0.717, 1.165) is 24.8 Å². The fourth-order valence-corrected chi connectivity index (χ4v) is 5.26. The van der Waals surface area contributed by atoms with E-state index in [2.05, 4.69) is 5.10 Å². The topological polar surface area (TPSA) is 62.1 Å². The monoisotopic (exact) mass is 376 g/mol. The first kappa shape index (κ1) is 17.6. The molecule has 1 spiro atoms. The fraction of sp³-hybridized carbons (Fsp3) is 0.391. The zero-order valence-electron chi connectivity index (χ0n) is 15.9. The summed E-state index contributed by atoms with van der Waals surface area (Å²) in [6.45, 7) is 1.84. The fourth-order valence-electron chi connectivity index (χ4n) is 5.26. The van der Waals surface area contributed by atoms with E-state index in [1.54, 1.807) is 0 Å². The molecule has 1 amide bonds. The van der Waals surface area contributed by atoms with Gasteiger partial charge in [-0.25, -0.2) is 0 Å². The molecule has 3 aliphatic rings. The Morgan fingerprint density at radius 1 is 1.07 bits per heavy atom. The summed E-state index contributed by atoms with van der Waals surface area (Å²) in [5, 5.41) is 17.5. The van der Waals surface area contributed by atoms with Crippen molar-refractivity contribution in [2.24, 2.45) is 11.0 Å². The van der Waals surface area contributed by atoms with E-state index in [0.29, 0.717) is 17.8 Å². The maximum absolute atomic E-state index is 13.8. The van der Waals surface area contributed by atoms with Crippen molar-refractivity contribution in [2.75, 3.05) is 5.01 Å². The first-order chi connectivity index (χ1) is 13.6. The van der Waals surface area contributed by atoms with Crippen LogP contribution < -0.4 is 5.01 Å². The average Bonchev–Trinajstić information content (AvgIpc) is 3.15. The molecule has 2 aromatic carbocycles. The molecule has 5 rings (SSSR count). The minimum atomic E-state index is -1.29. The number of aliphatic hydroxyl groups is 1. The maximum atomic E-state index is 13.8. The lowest BCUT2D eigenvalue weighted by Gasteiger charge is -2.34. The molecule has 1 saturated carbocycles. The van der Waals surface area contributed by atoms with E-state index in [-0.39, 0.29) is 17.7 Å². The molecule has 5 nitrogen and oxygen atoms in total. The van der Waals surface area contributed by atoms with Crippen molar-refractivity contribution >= 4 is 17.3 Å². The number of carbonyl (C=O) groups is 1. The standard InChI is InChI=1S/C23H24N2O3/c1-16-23(21(26)25(24-16)18-12-6-3-7-13-18)20(17-10-4-2-5-11-17)19-14-8-9-15-22(19,27)28-23/h2-7,10-13,19-20,27H,8-9,14-15H2,1H3/t19-,20-,22-,23+/m0/s1. The summed E-state index contributed by atoms with van der Waals surface area (Å²) in [5.74, 6) is -1.90. The Bertz CT molecular complexity index is 929. The molecular formula is C23H24N2O3. The molecule has 1 aliphatic carbocycles. The Morgan fingerprint density at radius 3 is 2.46 bits per heavy atom. The van der Waals surface area contributed by atoms with Crippen LogP contribution in [-0.2, 0) is 9.53 Å². The zero-order valence-corrected chi connectivity index (χ0v) is 15.9. The van der Waals surface area contributed by atoms with Crippen LogP contribution in [0.3, 0.4) is 0 Å². The van der Waals surface area contributed by atoms with Crippen molar-refractivity contribution in [1.29, 1.82) is 0 Å². The first-order valence-electron chi connectivity index (χ1n) is 9.99. The van der Waals surface area contributed by atoms with Gasteiger partial charge in [-0.1, -0.05) is 55.0 Å². The molecule has 2 fully saturated rings. The number of nitrogens with zero attached hydrogens (tertiary/aromatic N) is 2. The summed E-state index contributed by atoms with van der Waals surface area (Å²) in [4.78, 5) is 13.8. The molecule has 2 heterocycles. The van der Waals surface area contributed by atoms with Crippen LogP contribution in [0.5, 0.6) is 0 Å². The first-order valence-corrected chi connectivity index (χ1v) is 9.99. The van der Waals surface area contributed by atoms with Gasteiger partial charge in [-0.3, -0.25) is 4.79 Å². The van der Waals surface area contributed by atoms with Crippen LogP contribution in [0, 0.1) is 5.92 Å². The highest BCUT2D eigenvalue weighted by molar-refractivity contribution is 6.22. The SMILES string of the molecule is CC1=NN(c2ccccc2)C(=O)[C@@]12O[C@@]1(O)CCCC[C@H]1[C@@H]2c1ccccc1. The molecule has 1 N–H and O–H groups in total. The highest BCUT2D eigenvalue weighted by Crippen LogP contribution is 2.59. The summed E-state index contributed by atoms with van der Waals surface area (Å²) >= 11 is 0. The molecule has 0 radical (unpaired) electrons. The van der Waals surface area contributed by atoms with Crippen LogP contribution in [0.15, 0.2) is 65.8 Å². The lowest BCUT2D eigenvalue weighted by atomic mass is 9.68. The van der Waals surface area contributed by atoms with E-state index < -0.39 is 11.4 Å². The van der Waals surface area contributed by atoms with Gasteiger partial charge in [-0.2, -0.15) is 10.1 Å². The summed E-state index contributed by atoms with van der Waals surface area (Å²) in [6, 6.07) is 19.4. The third-order valence-corrected chi connectivity index (χ3v) is 6.51. The van der Waals surface area contributed by atoms with Gasteiger partial charge >= 0.3 is 0 Å². The van der Waals surface area contributed by atoms with Crippen LogP contribution in [0.4, 0.5) is 5.69 Å². The number of benzene rings is 2. The molecule has 5 heteroatoms. The van der Waals surface area contributed by atoms with Gasteiger partial charge in [0.1, 0.15) is 0 Å². The minimum absolute atomic E-state index is 0.131. The number of amides is 1. The van der Waals surface area contributed by atoms with Gasteiger partial charge < -0.3 is 9.84 Å². The second-order valence-corrected chi connectivity index (χ2v) is 8.06. The lowest BCUT2D eigenvalue weighted by Crippen LogP contribution is -2.51. The minimum Gasteiger partial charge on any atom is -0.365 e. The predicted molar refractivity (Wildman–Crippen MR) is 107 cm³/mol. The van der Waals surface area contributed by atoms with Crippen molar-refractivity contribution in [3.05, 3.63) is 66.2 Å². The van der Waals surface area contributed by atoms with E-state index in [1.165, 1.54) is 5.01 Å². The maximum Gasteiger partial charge on any atom is 0.286 e. The molecule has 144 valence electrons. The summed E-state index contributed by atoms with van der Waals surface area (Å²) in [7, 11) is 0. The van der Waals surface area contributed by atoms with Crippen LogP contribution in [-0.4, -0.2) is 28.1 Å². The molecule has 2 aliphatic heterocycles. The Hall–Kier alpha value is -2.50. The molecule has 0 bridgehead atoms. The lowest BCUT2D eigenvalue weighted by molar-refractivity contribution is -0.232. The molecule has 4 atom stereocenters. The quantitative estimate of drug-likeness (QED) is 0.866. The number of para-hydroxylation sites is 1. The Balaban J connectivity index is 1.66. The van der Waals surface area contributed by atoms with Crippen LogP contribution in [0.2, 0.25) is 0 Å². The molecular weight excluding hydrogens is 352 g/mol. The second kappa shape index (κ2) is 6.26. The smallest absolute Gasteiger partial charge is 0.286 e. The highest BCUT2D eigenvalue weighted by Gasteiger charge is 2.70. The van der Waals surface area contributed by atoms with E-state index >= 15 is 0 Å². The number of hydrogen-bond donors (Lipinski definition) is 1. The molecule has 28 heavy (non-hydrogen) atoms.